The second kappa shape index (κ2) is 6.35. The number of benzene rings is 1. The number of alkyl halides is 3. The highest BCUT2D eigenvalue weighted by Crippen LogP contribution is 2.41. The van der Waals surface area contributed by atoms with E-state index in [9.17, 15) is 13.2 Å². The van der Waals surface area contributed by atoms with Crippen molar-refractivity contribution in [2.24, 2.45) is 5.92 Å². The first-order valence-electron chi connectivity index (χ1n) is 6.56. The summed E-state index contributed by atoms with van der Waals surface area (Å²) in [6.07, 6.45) is -1.72. The van der Waals surface area contributed by atoms with E-state index in [1.54, 1.807) is 6.07 Å². The molecular formula is C14H17BrF3NO. The zero-order valence-electron chi connectivity index (χ0n) is 11.2. The third kappa shape index (κ3) is 3.67. The molecule has 0 bridgehead atoms. The van der Waals surface area contributed by atoms with Gasteiger partial charge in [0, 0.05) is 4.47 Å². The summed E-state index contributed by atoms with van der Waals surface area (Å²) in [5.74, 6) is 0.305. The number of rotatable bonds is 3. The number of hydrogen-bond donors (Lipinski definition) is 1. The fourth-order valence-corrected chi connectivity index (χ4v) is 3.17. The Kier molecular flexibility index (Phi) is 4.96. The fraction of sp³-hybridized carbons (Fsp3) is 0.571. The molecule has 112 valence electrons. The van der Waals surface area contributed by atoms with Crippen LogP contribution in [-0.4, -0.2) is 20.2 Å². The molecule has 1 aliphatic heterocycles. The van der Waals surface area contributed by atoms with Gasteiger partial charge in [0.15, 0.2) is 0 Å². The van der Waals surface area contributed by atoms with Gasteiger partial charge in [0.1, 0.15) is 5.75 Å². The van der Waals surface area contributed by atoms with Crippen molar-refractivity contribution in [1.29, 1.82) is 0 Å². The first-order valence-corrected chi connectivity index (χ1v) is 7.35. The number of nitrogens with one attached hydrogen (secondary N) is 1. The van der Waals surface area contributed by atoms with Crippen molar-refractivity contribution in [2.75, 3.05) is 20.2 Å². The van der Waals surface area contributed by atoms with E-state index in [2.05, 4.69) is 21.2 Å². The molecule has 20 heavy (non-hydrogen) atoms. The first-order chi connectivity index (χ1) is 9.41. The smallest absolute Gasteiger partial charge is 0.420 e. The monoisotopic (exact) mass is 351 g/mol. The maximum Gasteiger partial charge on any atom is 0.420 e. The van der Waals surface area contributed by atoms with E-state index in [1.807, 2.05) is 0 Å². The topological polar surface area (TPSA) is 21.3 Å². The highest BCUT2D eigenvalue weighted by molar-refractivity contribution is 9.10. The van der Waals surface area contributed by atoms with Gasteiger partial charge in [0.05, 0.1) is 12.7 Å². The summed E-state index contributed by atoms with van der Waals surface area (Å²) in [7, 11) is 1.29. The second-order valence-corrected chi connectivity index (χ2v) is 5.98. The lowest BCUT2D eigenvalue weighted by molar-refractivity contribution is -0.138. The van der Waals surface area contributed by atoms with Gasteiger partial charge in [-0.15, -0.1) is 0 Å². The van der Waals surface area contributed by atoms with Crippen LogP contribution >= 0.6 is 15.9 Å². The predicted octanol–water partition coefficient (Wildman–Crippen LogP) is 4.02. The van der Waals surface area contributed by atoms with Gasteiger partial charge in [-0.2, -0.15) is 13.2 Å². The maximum atomic E-state index is 13.1. The van der Waals surface area contributed by atoms with Crippen LogP contribution in [0.25, 0.3) is 0 Å². The quantitative estimate of drug-likeness (QED) is 0.887. The number of ether oxygens (including phenoxy) is 1. The zero-order valence-corrected chi connectivity index (χ0v) is 12.8. The zero-order chi connectivity index (χ0) is 14.8. The Balaban J connectivity index is 2.33. The highest BCUT2D eigenvalue weighted by Gasteiger charge is 2.36. The molecule has 1 fully saturated rings. The molecule has 0 amide bonds. The summed E-state index contributed by atoms with van der Waals surface area (Å²) in [4.78, 5) is 0. The molecule has 1 aliphatic rings. The van der Waals surface area contributed by atoms with Gasteiger partial charge in [-0.25, -0.2) is 0 Å². The Morgan fingerprint density at radius 1 is 1.40 bits per heavy atom. The molecule has 0 radical (unpaired) electrons. The van der Waals surface area contributed by atoms with Crippen molar-refractivity contribution < 1.29 is 17.9 Å². The van der Waals surface area contributed by atoms with Crippen LogP contribution in [-0.2, 0) is 12.6 Å². The molecule has 1 unspecified atom stereocenters. The predicted molar refractivity (Wildman–Crippen MR) is 75.0 cm³/mol. The number of hydrogen-bond acceptors (Lipinski definition) is 2. The average Bonchev–Trinajstić information content (AvgIpc) is 2.38. The summed E-state index contributed by atoms with van der Waals surface area (Å²) in [6.45, 7) is 1.83. The van der Waals surface area contributed by atoms with Crippen LogP contribution in [0.15, 0.2) is 16.6 Å². The normalized spacial score (nSPS) is 19.9. The minimum Gasteiger partial charge on any atom is -0.496 e. The van der Waals surface area contributed by atoms with Crippen LogP contribution < -0.4 is 10.1 Å². The van der Waals surface area contributed by atoms with Gasteiger partial charge in [-0.05, 0) is 56.0 Å². The van der Waals surface area contributed by atoms with E-state index >= 15 is 0 Å². The van der Waals surface area contributed by atoms with E-state index < -0.39 is 11.7 Å². The van der Waals surface area contributed by atoms with E-state index in [-0.39, 0.29) is 5.75 Å². The molecule has 1 heterocycles. The van der Waals surface area contributed by atoms with E-state index in [0.29, 0.717) is 22.4 Å². The van der Waals surface area contributed by atoms with Crippen LogP contribution in [0, 0.1) is 5.92 Å². The minimum atomic E-state index is -4.41. The molecule has 1 saturated heterocycles. The van der Waals surface area contributed by atoms with Crippen LogP contribution in [0.4, 0.5) is 13.2 Å². The third-order valence-electron chi connectivity index (χ3n) is 3.55. The van der Waals surface area contributed by atoms with Crippen LogP contribution in [0.3, 0.4) is 0 Å². The van der Waals surface area contributed by atoms with E-state index in [0.717, 1.165) is 32.0 Å². The standard InChI is InChI=1S/C14H17BrF3NO/c1-20-13-10(5-9-3-2-4-19-8-9)6-11(15)7-12(13)14(16,17)18/h6-7,9,19H,2-5,8H2,1H3. The van der Waals surface area contributed by atoms with Crippen molar-refractivity contribution in [2.45, 2.75) is 25.4 Å². The molecule has 2 rings (SSSR count). The number of piperidine rings is 1. The Bertz CT molecular complexity index is 470. The lowest BCUT2D eigenvalue weighted by atomic mass is 9.91. The Morgan fingerprint density at radius 3 is 2.70 bits per heavy atom. The van der Waals surface area contributed by atoms with Crippen LogP contribution in [0.2, 0.25) is 0 Å². The van der Waals surface area contributed by atoms with Crippen molar-refractivity contribution in [3.05, 3.63) is 27.7 Å². The van der Waals surface area contributed by atoms with Gasteiger partial charge in [-0.1, -0.05) is 15.9 Å². The maximum absolute atomic E-state index is 13.1. The minimum absolute atomic E-state index is 0.0497. The summed E-state index contributed by atoms with van der Waals surface area (Å²) in [5, 5.41) is 3.28. The Labute approximate surface area is 124 Å². The molecule has 0 spiro atoms. The fourth-order valence-electron chi connectivity index (χ4n) is 2.66. The molecule has 1 aromatic rings. The summed E-state index contributed by atoms with van der Waals surface area (Å²) in [6, 6.07) is 2.80. The van der Waals surface area contributed by atoms with E-state index in [4.69, 9.17) is 4.74 Å². The van der Waals surface area contributed by atoms with Gasteiger partial charge < -0.3 is 10.1 Å². The van der Waals surface area contributed by atoms with Crippen molar-refractivity contribution in [1.82, 2.24) is 5.32 Å². The molecule has 6 heteroatoms. The molecule has 0 saturated carbocycles. The molecule has 0 aliphatic carbocycles. The van der Waals surface area contributed by atoms with Gasteiger partial charge >= 0.3 is 6.18 Å². The van der Waals surface area contributed by atoms with Gasteiger partial charge in [0.2, 0.25) is 0 Å². The van der Waals surface area contributed by atoms with Crippen molar-refractivity contribution in [3.8, 4) is 5.75 Å². The lowest BCUT2D eigenvalue weighted by Crippen LogP contribution is -2.31. The molecule has 0 aromatic heterocycles. The number of methoxy groups -OCH3 is 1. The highest BCUT2D eigenvalue weighted by atomic mass is 79.9. The molecule has 1 aromatic carbocycles. The Morgan fingerprint density at radius 2 is 2.15 bits per heavy atom. The molecule has 1 atom stereocenters. The van der Waals surface area contributed by atoms with Crippen molar-refractivity contribution >= 4 is 15.9 Å². The summed E-state index contributed by atoms with van der Waals surface area (Å²) < 4.78 is 44.7. The molecule has 2 nitrogen and oxygen atoms in total. The van der Waals surface area contributed by atoms with Gasteiger partial charge in [-0.3, -0.25) is 0 Å². The van der Waals surface area contributed by atoms with E-state index in [1.165, 1.54) is 7.11 Å². The first kappa shape index (κ1) is 15.6. The molecular weight excluding hydrogens is 335 g/mol. The average molecular weight is 352 g/mol. The summed E-state index contributed by atoms with van der Waals surface area (Å²) in [5.41, 5.74) is -0.101. The van der Waals surface area contributed by atoms with Crippen LogP contribution in [0.1, 0.15) is 24.0 Å². The largest absolute Gasteiger partial charge is 0.496 e. The van der Waals surface area contributed by atoms with Gasteiger partial charge in [0.25, 0.3) is 0 Å². The Hall–Kier alpha value is -0.750. The molecule has 1 N–H and O–H groups in total. The summed E-state index contributed by atoms with van der Waals surface area (Å²) >= 11 is 3.16. The number of halogens is 4. The second-order valence-electron chi connectivity index (χ2n) is 5.06. The SMILES string of the molecule is COc1c(CC2CCCNC2)cc(Br)cc1C(F)(F)F. The van der Waals surface area contributed by atoms with Crippen LogP contribution in [0.5, 0.6) is 5.75 Å². The lowest BCUT2D eigenvalue weighted by Gasteiger charge is -2.24. The van der Waals surface area contributed by atoms with Crippen molar-refractivity contribution in [3.63, 3.8) is 0 Å². The third-order valence-corrected chi connectivity index (χ3v) is 4.01.